The molecule has 2 aliphatic heterocycles. The fourth-order valence-corrected chi connectivity index (χ4v) is 6.03. The monoisotopic (exact) mass is 511 g/mol. The number of halogens is 1. The van der Waals surface area contributed by atoms with E-state index in [1.165, 1.54) is 0 Å². The summed E-state index contributed by atoms with van der Waals surface area (Å²) in [6.45, 7) is 4.69. The van der Waals surface area contributed by atoms with Gasteiger partial charge in [-0.15, -0.1) is 0 Å². The number of hydrogen-bond donors (Lipinski definition) is 0. The lowest BCUT2D eigenvalue weighted by Crippen LogP contribution is -2.54. The van der Waals surface area contributed by atoms with Crippen LogP contribution in [0.3, 0.4) is 0 Å². The van der Waals surface area contributed by atoms with Gasteiger partial charge in [0.05, 0.1) is 5.56 Å². The Hall–Kier alpha value is -3.41. The molecule has 5 nitrogen and oxygen atoms in total. The largest absolute Gasteiger partial charge is 0.339 e. The number of nitrogens with zero attached hydrogens (tertiary/aromatic N) is 3. The molecule has 188 valence electrons. The molecule has 37 heavy (non-hydrogen) atoms. The molecule has 0 bridgehead atoms. The maximum atomic E-state index is 13.8. The smallest absolute Gasteiger partial charge is 0.255 e. The Labute approximate surface area is 222 Å². The fourth-order valence-electron chi connectivity index (χ4n) is 5.90. The SMILES string of the molecule is O=C(c1ccc(Cl)cc1)N1CCC(N2CCN(C(=O)c3c4ccccc4cc4ccccc34)CC2)CC1. The summed E-state index contributed by atoms with van der Waals surface area (Å²) in [5.41, 5.74) is 1.51. The molecule has 0 radical (unpaired) electrons. The fraction of sp³-hybridized carbons (Fsp3) is 0.290. The van der Waals surface area contributed by atoms with Gasteiger partial charge < -0.3 is 9.80 Å². The molecule has 0 N–H and O–H groups in total. The van der Waals surface area contributed by atoms with E-state index in [9.17, 15) is 9.59 Å². The number of benzene rings is 4. The predicted molar refractivity (Wildman–Crippen MR) is 149 cm³/mol. The molecule has 0 saturated carbocycles. The van der Waals surface area contributed by atoms with E-state index in [0.717, 1.165) is 79.2 Å². The second kappa shape index (κ2) is 10.2. The molecule has 2 amide bonds. The van der Waals surface area contributed by atoms with Crippen LogP contribution in [0.25, 0.3) is 21.5 Å². The summed E-state index contributed by atoms with van der Waals surface area (Å²) in [6.07, 6.45) is 1.92. The minimum Gasteiger partial charge on any atom is -0.339 e. The van der Waals surface area contributed by atoms with Crippen LogP contribution in [-0.4, -0.2) is 71.8 Å². The first-order chi connectivity index (χ1) is 18.1. The van der Waals surface area contributed by atoms with Crippen molar-refractivity contribution in [2.75, 3.05) is 39.3 Å². The quantitative estimate of drug-likeness (QED) is 0.331. The van der Waals surface area contributed by atoms with Crippen LogP contribution in [0.5, 0.6) is 0 Å². The summed E-state index contributed by atoms with van der Waals surface area (Å²) in [7, 11) is 0. The Morgan fingerprint density at radius 3 is 1.78 bits per heavy atom. The van der Waals surface area contributed by atoms with Crippen LogP contribution in [-0.2, 0) is 0 Å². The first kappa shape index (κ1) is 24.0. The van der Waals surface area contributed by atoms with E-state index in [0.29, 0.717) is 16.6 Å². The highest BCUT2D eigenvalue weighted by molar-refractivity contribution is 6.30. The summed E-state index contributed by atoms with van der Waals surface area (Å²) in [5, 5.41) is 4.88. The van der Waals surface area contributed by atoms with E-state index >= 15 is 0 Å². The Morgan fingerprint density at radius 2 is 1.19 bits per heavy atom. The Morgan fingerprint density at radius 1 is 0.649 bits per heavy atom. The zero-order valence-electron chi connectivity index (χ0n) is 20.8. The van der Waals surface area contributed by atoms with Gasteiger partial charge in [0.2, 0.25) is 0 Å². The van der Waals surface area contributed by atoms with Crippen LogP contribution < -0.4 is 0 Å². The summed E-state index contributed by atoms with van der Waals surface area (Å²) in [6, 6.07) is 26.1. The van der Waals surface area contributed by atoms with Crippen molar-refractivity contribution < 1.29 is 9.59 Å². The van der Waals surface area contributed by atoms with Crippen molar-refractivity contribution in [2.24, 2.45) is 0 Å². The molecule has 4 aromatic carbocycles. The van der Waals surface area contributed by atoms with Crippen molar-refractivity contribution >= 4 is 45.0 Å². The third kappa shape index (κ3) is 4.70. The summed E-state index contributed by atoms with van der Waals surface area (Å²) in [5.74, 6) is 0.198. The second-order valence-electron chi connectivity index (χ2n) is 10.1. The first-order valence-electron chi connectivity index (χ1n) is 13.1. The molecule has 2 heterocycles. The topological polar surface area (TPSA) is 43.9 Å². The maximum absolute atomic E-state index is 13.8. The maximum Gasteiger partial charge on any atom is 0.255 e. The van der Waals surface area contributed by atoms with Gasteiger partial charge in [0.1, 0.15) is 0 Å². The average molecular weight is 512 g/mol. The Bertz CT molecular complexity index is 1400. The average Bonchev–Trinajstić information content (AvgIpc) is 2.96. The van der Waals surface area contributed by atoms with Crippen molar-refractivity contribution in [1.82, 2.24) is 14.7 Å². The van der Waals surface area contributed by atoms with Crippen molar-refractivity contribution in [3.8, 4) is 0 Å². The third-order valence-electron chi connectivity index (χ3n) is 7.95. The van der Waals surface area contributed by atoms with Gasteiger partial charge in [-0.05, 0) is 64.7 Å². The van der Waals surface area contributed by atoms with Gasteiger partial charge in [-0.25, -0.2) is 0 Å². The lowest BCUT2D eigenvalue weighted by atomic mass is 9.95. The summed E-state index contributed by atoms with van der Waals surface area (Å²) in [4.78, 5) is 33.2. The number of fused-ring (bicyclic) bond motifs is 2. The highest BCUT2D eigenvalue weighted by Crippen LogP contribution is 2.30. The van der Waals surface area contributed by atoms with E-state index in [-0.39, 0.29) is 11.8 Å². The minimum absolute atomic E-state index is 0.0767. The zero-order valence-corrected chi connectivity index (χ0v) is 21.5. The van der Waals surface area contributed by atoms with Gasteiger partial charge in [0.25, 0.3) is 11.8 Å². The van der Waals surface area contributed by atoms with Crippen LogP contribution in [0.2, 0.25) is 5.02 Å². The molecule has 2 fully saturated rings. The molecular formula is C31H30ClN3O2. The van der Waals surface area contributed by atoms with E-state index in [1.54, 1.807) is 24.3 Å². The summed E-state index contributed by atoms with van der Waals surface area (Å²) < 4.78 is 0. The van der Waals surface area contributed by atoms with Gasteiger partial charge in [-0.3, -0.25) is 14.5 Å². The lowest BCUT2D eigenvalue weighted by molar-refractivity contribution is 0.0414. The molecule has 2 saturated heterocycles. The Balaban J connectivity index is 1.11. The predicted octanol–water partition coefficient (Wildman–Crippen LogP) is 5.71. The molecule has 0 unspecified atom stereocenters. The van der Waals surface area contributed by atoms with Crippen molar-refractivity contribution in [1.29, 1.82) is 0 Å². The molecule has 6 rings (SSSR count). The van der Waals surface area contributed by atoms with Gasteiger partial charge in [0.15, 0.2) is 0 Å². The van der Waals surface area contributed by atoms with E-state index in [4.69, 9.17) is 11.6 Å². The lowest BCUT2D eigenvalue weighted by Gasteiger charge is -2.43. The molecule has 2 aliphatic rings. The molecule has 6 heteroatoms. The molecule has 0 aliphatic carbocycles. The Kier molecular flexibility index (Phi) is 6.58. The molecule has 4 aromatic rings. The van der Waals surface area contributed by atoms with Crippen LogP contribution >= 0.6 is 11.6 Å². The van der Waals surface area contributed by atoms with Crippen molar-refractivity contribution in [3.05, 3.63) is 95.0 Å². The number of carbonyl (C=O) groups is 2. The normalized spacial score (nSPS) is 17.4. The van der Waals surface area contributed by atoms with Gasteiger partial charge >= 0.3 is 0 Å². The van der Waals surface area contributed by atoms with E-state index in [2.05, 4.69) is 35.2 Å². The highest BCUT2D eigenvalue weighted by atomic mass is 35.5. The number of rotatable bonds is 3. The molecule has 0 spiro atoms. The van der Waals surface area contributed by atoms with Gasteiger partial charge in [-0.2, -0.15) is 0 Å². The number of piperazine rings is 1. The van der Waals surface area contributed by atoms with Gasteiger partial charge in [0, 0.05) is 55.9 Å². The number of carbonyl (C=O) groups excluding carboxylic acids is 2. The number of piperidine rings is 1. The van der Waals surface area contributed by atoms with E-state index < -0.39 is 0 Å². The zero-order chi connectivity index (χ0) is 25.4. The number of hydrogen-bond acceptors (Lipinski definition) is 3. The molecular weight excluding hydrogens is 482 g/mol. The third-order valence-corrected chi connectivity index (χ3v) is 8.20. The van der Waals surface area contributed by atoms with Crippen LogP contribution in [0.4, 0.5) is 0 Å². The first-order valence-corrected chi connectivity index (χ1v) is 13.4. The molecule has 0 atom stereocenters. The highest BCUT2D eigenvalue weighted by Gasteiger charge is 2.31. The van der Waals surface area contributed by atoms with E-state index in [1.807, 2.05) is 34.1 Å². The minimum atomic E-state index is 0.0767. The van der Waals surface area contributed by atoms with Gasteiger partial charge in [-0.1, -0.05) is 60.1 Å². The van der Waals surface area contributed by atoms with Crippen molar-refractivity contribution in [2.45, 2.75) is 18.9 Å². The van der Waals surface area contributed by atoms with Crippen LogP contribution in [0.1, 0.15) is 33.6 Å². The standard InChI is InChI=1S/C31H30ClN3O2/c32-25-11-9-22(10-12-25)30(36)34-15-13-26(14-16-34)33-17-19-35(20-18-33)31(37)29-27-7-3-1-5-23(27)21-24-6-2-4-8-28(24)29/h1-12,21,26H,13-20H2. The number of amides is 2. The second-order valence-corrected chi connectivity index (χ2v) is 10.5. The van der Waals surface area contributed by atoms with Crippen LogP contribution in [0.15, 0.2) is 78.9 Å². The number of likely N-dealkylation sites (tertiary alicyclic amines) is 1. The molecule has 0 aromatic heterocycles. The van der Waals surface area contributed by atoms with Crippen molar-refractivity contribution in [3.63, 3.8) is 0 Å². The van der Waals surface area contributed by atoms with Crippen LogP contribution in [0, 0.1) is 0 Å². The summed E-state index contributed by atoms with van der Waals surface area (Å²) >= 11 is 5.97.